The quantitative estimate of drug-likeness (QED) is 0.672. The molecule has 3 rings (SSSR count). The van der Waals surface area contributed by atoms with Crippen molar-refractivity contribution >= 4 is 5.69 Å². The number of anilines is 1. The number of aryl methyl sites for hydroxylation is 1. The molecular weight excluding hydrogens is 182 g/mol. The van der Waals surface area contributed by atoms with Gasteiger partial charge in [0.15, 0.2) is 0 Å². The Bertz CT molecular complexity index is 257. The maximum absolute atomic E-state index is 3.36. The number of nitrogens with one attached hydrogen (secondary N) is 1. The Morgan fingerprint density at radius 1 is 0.800 bits per heavy atom. The van der Waals surface area contributed by atoms with E-state index in [9.17, 15) is 0 Å². The molecule has 0 saturated heterocycles. The van der Waals surface area contributed by atoms with Crippen molar-refractivity contribution in [1.82, 2.24) is 0 Å². The Labute approximate surface area is 92.9 Å². The lowest BCUT2D eigenvalue weighted by molar-refractivity contribution is 0.830. The van der Waals surface area contributed by atoms with E-state index in [2.05, 4.69) is 29.6 Å². The fraction of sp³-hybridized carbons (Fsp3) is 0.571. The van der Waals surface area contributed by atoms with Gasteiger partial charge in [0.2, 0.25) is 0 Å². The molecule has 0 amide bonds. The van der Waals surface area contributed by atoms with Crippen LogP contribution < -0.4 is 5.32 Å². The Balaban J connectivity index is 0.000000144. The van der Waals surface area contributed by atoms with Gasteiger partial charge in [-0.2, -0.15) is 0 Å². The molecule has 1 N–H and O–H groups in total. The summed E-state index contributed by atoms with van der Waals surface area (Å²) in [5.41, 5.74) is 2.79. The van der Waals surface area contributed by atoms with Gasteiger partial charge in [-0.15, -0.1) is 0 Å². The summed E-state index contributed by atoms with van der Waals surface area (Å²) >= 11 is 0. The lowest BCUT2D eigenvalue weighted by Gasteiger charge is -2.16. The Kier molecular flexibility index (Phi) is 4.07. The largest absolute Gasteiger partial charge is 0.385 e. The maximum atomic E-state index is 3.36. The molecule has 1 aliphatic heterocycles. The lowest BCUT2D eigenvalue weighted by Crippen LogP contribution is -2.10. The topological polar surface area (TPSA) is 12.0 Å². The lowest BCUT2D eigenvalue weighted by atomic mass is 10.0. The van der Waals surface area contributed by atoms with Crippen LogP contribution in [0, 0.1) is 0 Å². The van der Waals surface area contributed by atoms with Gasteiger partial charge in [0.05, 0.1) is 0 Å². The average molecular weight is 203 g/mol. The molecule has 0 aromatic heterocycles. The second kappa shape index (κ2) is 5.79. The summed E-state index contributed by atoms with van der Waals surface area (Å²) in [5.74, 6) is 0. The summed E-state index contributed by atoms with van der Waals surface area (Å²) in [5, 5.41) is 3.36. The van der Waals surface area contributed by atoms with Crippen LogP contribution in [0.3, 0.4) is 0 Å². The van der Waals surface area contributed by atoms with Gasteiger partial charge in [-0.1, -0.05) is 50.3 Å². The van der Waals surface area contributed by atoms with E-state index in [0.717, 1.165) is 6.54 Å². The molecule has 0 radical (unpaired) electrons. The molecule has 1 fully saturated rings. The third kappa shape index (κ3) is 3.26. The highest BCUT2D eigenvalue weighted by atomic mass is 14.9. The zero-order chi connectivity index (χ0) is 10.3. The molecule has 15 heavy (non-hydrogen) atoms. The van der Waals surface area contributed by atoms with Crippen LogP contribution in [0.25, 0.3) is 0 Å². The maximum Gasteiger partial charge on any atom is 0.0372 e. The Morgan fingerprint density at radius 2 is 1.47 bits per heavy atom. The highest BCUT2D eigenvalue weighted by molar-refractivity contribution is 5.52. The van der Waals surface area contributed by atoms with Crippen LogP contribution in [0.2, 0.25) is 0 Å². The van der Waals surface area contributed by atoms with E-state index in [0.29, 0.717) is 0 Å². The van der Waals surface area contributed by atoms with Crippen molar-refractivity contribution in [3.63, 3.8) is 0 Å². The van der Waals surface area contributed by atoms with E-state index in [1.807, 2.05) is 0 Å². The van der Waals surface area contributed by atoms with Crippen LogP contribution >= 0.6 is 0 Å². The third-order valence-corrected chi connectivity index (χ3v) is 3.21. The molecule has 1 aliphatic carbocycles. The molecule has 1 heterocycles. The fourth-order valence-corrected chi connectivity index (χ4v) is 2.30. The highest BCUT2D eigenvalue weighted by Crippen LogP contribution is 2.20. The molecule has 1 saturated carbocycles. The second-order valence-electron chi connectivity index (χ2n) is 4.46. The first kappa shape index (κ1) is 10.5. The number of rotatable bonds is 0. The summed E-state index contributed by atoms with van der Waals surface area (Å²) in [7, 11) is 0. The second-order valence-corrected chi connectivity index (χ2v) is 4.46. The van der Waals surface area contributed by atoms with Crippen LogP contribution in [-0.4, -0.2) is 6.54 Å². The molecule has 2 aliphatic rings. The van der Waals surface area contributed by atoms with Crippen LogP contribution in [0.4, 0.5) is 5.69 Å². The molecule has 1 nitrogen and oxygen atoms in total. The number of fused-ring (bicyclic) bond motifs is 1. The van der Waals surface area contributed by atoms with Crippen LogP contribution in [0.15, 0.2) is 24.3 Å². The predicted molar refractivity (Wildman–Crippen MR) is 66.3 cm³/mol. The van der Waals surface area contributed by atoms with Crippen LogP contribution in [0.1, 0.15) is 44.1 Å². The summed E-state index contributed by atoms with van der Waals surface area (Å²) in [6, 6.07) is 8.53. The van der Waals surface area contributed by atoms with Crippen molar-refractivity contribution in [3.05, 3.63) is 29.8 Å². The van der Waals surface area contributed by atoms with E-state index in [1.165, 1.54) is 56.2 Å². The van der Waals surface area contributed by atoms with Gasteiger partial charge in [-0.3, -0.25) is 0 Å². The van der Waals surface area contributed by atoms with Crippen molar-refractivity contribution in [1.29, 1.82) is 0 Å². The minimum Gasteiger partial charge on any atom is -0.385 e. The number of hydrogen-bond acceptors (Lipinski definition) is 1. The number of benzene rings is 1. The molecule has 1 heteroatoms. The SMILES string of the molecule is C1CCCC1.c1ccc2c(c1)CCCN2. The minimum absolute atomic E-state index is 1.14. The Morgan fingerprint density at radius 3 is 2.13 bits per heavy atom. The fourth-order valence-electron chi connectivity index (χ4n) is 2.30. The van der Waals surface area contributed by atoms with Crippen molar-refractivity contribution in [2.75, 3.05) is 11.9 Å². The van der Waals surface area contributed by atoms with Gasteiger partial charge in [0, 0.05) is 12.2 Å². The van der Waals surface area contributed by atoms with E-state index >= 15 is 0 Å². The van der Waals surface area contributed by atoms with Crippen molar-refractivity contribution in [2.24, 2.45) is 0 Å². The summed E-state index contributed by atoms with van der Waals surface area (Å²) in [6.07, 6.45) is 10.0. The Hall–Kier alpha value is -0.980. The first-order valence-electron chi connectivity index (χ1n) is 6.28. The average Bonchev–Trinajstić information content (AvgIpc) is 2.88. The molecule has 0 spiro atoms. The normalized spacial score (nSPS) is 18.4. The predicted octanol–water partition coefficient (Wildman–Crippen LogP) is 4.00. The van der Waals surface area contributed by atoms with Gasteiger partial charge >= 0.3 is 0 Å². The molecule has 0 atom stereocenters. The zero-order valence-electron chi connectivity index (χ0n) is 9.47. The molecule has 82 valence electrons. The molecule has 1 aromatic carbocycles. The monoisotopic (exact) mass is 203 g/mol. The number of para-hydroxylation sites is 1. The minimum atomic E-state index is 1.14. The summed E-state index contributed by atoms with van der Waals surface area (Å²) < 4.78 is 0. The van der Waals surface area contributed by atoms with Gasteiger partial charge in [-0.25, -0.2) is 0 Å². The van der Waals surface area contributed by atoms with Crippen LogP contribution in [0.5, 0.6) is 0 Å². The first-order chi connectivity index (χ1) is 7.47. The van der Waals surface area contributed by atoms with E-state index in [4.69, 9.17) is 0 Å². The van der Waals surface area contributed by atoms with E-state index in [-0.39, 0.29) is 0 Å². The van der Waals surface area contributed by atoms with Gasteiger partial charge in [0.25, 0.3) is 0 Å². The van der Waals surface area contributed by atoms with Gasteiger partial charge < -0.3 is 5.32 Å². The smallest absolute Gasteiger partial charge is 0.0372 e. The molecule has 0 bridgehead atoms. The molecule has 0 unspecified atom stereocenters. The summed E-state index contributed by atoms with van der Waals surface area (Å²) in [4.78, 5) is 0. The van der Waals surface area contributed by atoms with E-state index < -0.39 is 0 Å². The van der Waals surface area contributed by atoms with Crippen molar-refractivity contribution in [3.8, 4) is 0 Å². The van der Waals surface area contributed by atoms with Crippen LogP contribution in [-0.2, 0) is 6.42 Å². The van der Waals surface area contributed by atoms with Crippen molar-refractivity contribution in [2.45, 2.75) is 44.9 Å². The molecular formula is C14H21N. The van der Waals surface area contributed by atoms with E-state index in [1.54, 1.807) is 0 Å². The third-order valence-electron chi connectivity index (χ3n) is 3.21. The molecule has 1 aromatic rings. The first-order valence-corrected chi connectivity index (χ1v) is 6.28. The van der Waals surface area contributed by atoms with Gasteiger partial charge in [0.1, 0.15) is 0 Å². The van der Waals surface area contributed by atoms with Gasteiger partial charge in [-0.05, 0) is 24.5 Å². The highest BCUT2D eigenvalue weighted by Gasteiger charge is 2.04. The standard InChI is InChI=1S/C9H11N.C5H10/c1-2-6-9-8(4-1)5-3-7-10-9;1-2-4-5-3-1/h1-2,4,6,10H,3,5,7H2;1-5H2. The zero-order valence-corrected chi connectivity index (χ0v) is 9.47. The number of hydrogen-bond donors (Lipinski definition) is 1. The van der Waals surface area contributed by atoms with Crippen molar-refractivity contribution < 1.29 is 0 Å². The summed E-state index contributed by atoms with van der Waals surface area (Å²) in [6.45, 7) is 1.14.